The van der Waals surface area contributed by atoms with E-state index in [1.165, 1.54) is 18.5 Å². The second-order valence-electron chi connectivity index (χ2n) is 6.57. The Bertz CT molecular complexity index is 674. The zero-order valence-electron chi connectivity index (χ0n) is 14.0. The Morgan fingerprint density at radius 3 is 2.33 bits per heavy atom. The minimum atomic E-state index is 0.0110. The molecule has 1 saturated heterocycles. The third-order valence-electron chi connectivity index (χ3n) is 4.58. The number of piperidine rings is 1. The molecule has 0 atom stereocenters. The summed E-state index contributed by atoms with van der Waals surface area (Å²) >= 11 is 3.40. The van der Waals surface area contributed by atoms with E-state index in [1.54, 1.807) is 0 Å². The lowest BCUT2D eigenvalue weighted by molar-refractivity contribution is -0.115. The fourth-order valence-electron chi connectivity index (χ4n) is 3.02. The van der Waals surface area contributed by atoms with Crippen LogP contribution in [0.15, 0.2) is 53.0 Å². The average Bonchev–Trinajstić information content (AvgIpc) is 2.58. The van der Waals surface area contributed by atoms with Crippen LogP contribution < -0.4 is 10.2 Å². The largest absolute Gasteiger partial charge is 0.372 e. The molecule has 4 heteroatoms. The first-order chi connectivity index (χ1) is 11.6. The summed E-state index contributed by atoms with van der Waals surface area (Å²) in [5, 5.41) is 2.97. The van der Waals surface area contributed by atoms with Crippen LogP contribution in [0.5, 0.6) is 0 Å². The molecule has 2 aromatic rings. The lowest BCUT2D eigenvalue weighted by Crippen LogP contribution is -2.32. The summed E-state index contributed by atoms with van der Waals surface area (Å²) in [5.41, 5.74) is 3.11. The summed E-state index contributed by atoms with van der Waals surface area (Å²) in [4.78, 5) is 14.6. The molecule has 1 fully saturated rings. The van der Waals surface area contributed by atoms with Crippen molar-refractivity contribution in [2.24, 2.45) is 5.92 Å². The zero-order valence-corrected chi connectivity index (χ0v) is 15.6. The first kappa shape index (κ1) is 17.0. The number of hydrogen-bond donors (Lipinski definition) is 1. The molecule has 0 unspecified atom stereocenters. The number of hydrogen-bond acceptors (Lipinski definition) is 2. The van der Waals surface area contributed by atoms with Crippen LogP contribution in [-0.4, -0.2) is 19.0 Å². The second-order valence-corrected chi connectivity index (χ2v) is 7.48. The SMILES string of the molecule is CC1CCN(c2ccc(NC(=O)Cc3ccc(Br)cc3)cc2)CC1. The molecular weight excluding hydrogens is 364 g/mol. The van der Waals surface area contributed by atoms with Crippen LogP contribution in [0.1, 0.15) is 25.3 Å². The molecule has 0 aromatic heterocycles. The van der Waals surface area contributed by atoms with Crippen LogP contribution in [0.4, 0.5) is 11.4 Å². The van der Waals surface area contributed by atoms with Gasteiger partial charge in [0.15, 0.2) is 0 Å². The third-order valence-corrected chi connectivity index (χ3v) is 5.11. The molecule has 0 bridgehead atoms. The van der Waals surface area contributed by atoms with E-state index in [0.29, 0.717) is 6.42 Å². The molecule has 0 aliphatic carbocycles. The minimum Gasteiger partial charge on any atom is -0.372 e. The van der Waals surface area contributed by atoms with Gasteiger partial charge >= 0.3 is 0 Å². The minimum absolute atomic E-state index is 0.0110. The molecule has 3 nitrogen and oxygen atoms in total. The Balaban J connectivity index is 1.55. The number of rotatable bonds is 4. The van der Waals surface area contributed by atoms with Crippen molar-refractivity contribution in [1.29, 1.82) is 0 Å². The fraction of sp³-hybridized carbons (Fsp3) is 0.350. The van der Waals surface area contributed by atoms with E-state index in [9.17, 15) is 4.79 Å². The molecule has 1 aliphatic rings. The smallest absolute Gasteiger partial charge is 0.228 e. The van der Waals surface area contributed by atoms with Gasteiger partial charge in [0.25, 0.3) is 0 Å². The fourth-order valence-corrected chi connectivity index (χ4v) is 3.28. The van der Waals surface area contributed by atoms with Crippen LogP contribution in [0.3, 0.4) is 0 Å². The molecule has 1 heterocycles. The second kappa shape index (κ2) is 7.84. The van der Waals surface area contributed by atoms with Gasteiger partial charge in [0.05, 0.1) is 6.42 Å². The summed E-state index contributed by atoms with van der Waals surface area (Å²) in [6, 6.07) is 16.0. The predicted molar refractivity (Wildman–Crippen MR) is 104 cm³/mol. The Morgan fingerprint density at radius 1 is 1.08 bits per heavy atom. The van der Waals surface area contributed by atoms with Crippen molar-refractivity contribution in [1.82, 2.24) is 0 Å². The van der Waals surface area contributed by atoms with E-state index in [-0.39, 0.29) is 5.91 Å². The highest BCUT2D eigenvalue weighted by Crippen LogP contribution is 2.24. The quantitative estimate of drug-likeness (QED) is 0.812. The van der Waals surface area contributed by atoms with E-state index in [2.05, 4.69) is 45.2 Å². The molecule has 3 rings (SSSR count). The number of benzene rings is 2. The van der Waals surface area contributed by atoms with Gasteiger partial charge in [-0.05, 0) is 60.7 Å². The number of amides is 1. The van der Waals surface area contributed by atoms with Crippen molar-refractivity contribution in [3.8, 4) is 0 Å². The number of carbonyl (C=O) groups excluding carboxylic acids is 1. The molecular formula is C20H23BrN2O. The van der Waals surface area contributed by atoms with Gasteiger partial charge in [-0.1, -0.05) is 35.0 Å². The van der Waals surface area contributed by atoms with E-state index in [4.69, 9.17) is 0 Å². The lowest BCUT2D eigenvalue weighted by atomic mass is 9.99. The molecule has 0 radical (unpaired) electrons. The summed E-state index contributed by atoms with van der Waals surface area (Å²) in [6.07, 6.45) is 2.90. The molecule has 24 heavy (non-hydrogen) atoms. The van der Waals surface area contributed by atoms with E-state index in [0.717, 1.165) is 34.7 Å². The van der Waals surface area contributed by atoms with E-state index < -0.39 is 0 Å². The maximum absolute atomic E-state index is 12.2. The molecule has 126 valence electrons. The van der Waals surface area contributed by atoms with Crippen LogP contribution in [0.25, 0.3) is 0 Å². The first-order valence-electron chi connectivity index (χ1n) is 8.49. The average molecular weight is 387 g/mol. The number of nitrogens with zero attached hydrogens (tertiary/aromatic N) is 1. The highest BCUT2D eigenvalue weighted by Gasteiger charge is 2.15. The summed E-state index contributed by atoms with van der Waals surface area (Å²) < 4.78 is 1.02. The van der Waals surface area contributed by atoms with Crippen LogP contribution in [0, 0.1) is 5.92 Å². The predicted octanol–water partition coefficient (Wildman–Crippen LogP) is 4.87. The molecule has 0 saturated carbocycles. The summed E-state index contributed by atoms with van der Waals surface area (Å²) in [7, 11) is 0. The van der Waals surface area contributed by atoms with Crippen LogP contribution >= 0.6 is 15.9 Å². The van der Waals surface area contributed by atoms with E-state index >= 15 is 0 Å². The Morgan fingerprint density at radius 2 is 1.71 bits per heavy atom. The monoisotopic (exact) mass is 386 g/mol. The third kappa shape index (κ3) is 4.60. The van der Waals surface area contributed by atoms with Gasteiger partial charge in [-0.3, -0.25) is 4.79 Å². The van der Waals surface area contributed by atoms with Crippen LogP contribution in [-0.2, 0) is 11.2 Å². The Hall–Kier alpha value is -1.81. The van der Waals surface area contributed by atoms with Crippen molar-refractivity contribution in [2.45, 2.75) is 26.2 Å². The number of halogens is 1. The highest BCUT2D eigenvalue weighted by atomic mass is 79.9. The Kier molecular flexibility index (Phi) is 5.56. The molecule has 1 aliphatic heterocycles. The van der Waals surface area contributed by atoms with Gasteiger partial charge < -0.3 is 10.2 Å². The van der Waals surface area contributed by atoms with Gasteiger partial charge in [-0.25, -0.2) is 0 Å². The van der Waals surface area contributed by atoms with Gasteiger partial charge in [-0.15, -0.1) is 0 Å². The maximum Gasteiger partial charge on any atom is 0.228 e. The maximum atomic E-state index is 12.2. The topological polar surface area (TPSA) is 32.3 Å². The van der Waals surface area contributed by atoms with Gasteiger partial charge in [0.1, 0.15) is 0 Å². The number of nitrogens with one attached hydrogen (secondary N) is 1. The van der Waals surface area contributed by atoms with Crippen molar-refractivity contribution >= 4 is 33.2 Å². The zero-order chi connectivity index (χ0) is 16.9. The standard InChI is InChI=1S/C20H23BrN2O/c1-15-10-12-23(13-11-15)19-8-6-18(7-9-19)22-20(24)14-16-2-4-17(21)5-3-16/h2-9,15H,10-14H2,1H3,(H,22,24). The van der Waals surface area contributed by atoms with Gasteiger partial charge in [-0.2, -0.15) is 0 Å². The Labute approximate surface area is 152 Å². The molecule has 2 aromatic carbocycles. The molecule has 1 amide bonds. The van der Waals surface area contributed by atoms with Crippen molar-refractivity contribution in [2.75, 3.05) is 23.3 Å². The van der Waals surface area contributed by atoms with Crippen molar-refractivity contribution in [3.63, 3.8) is 0 Å². The van der Waals surface area contributed by atoms with Gasteiger partial charge in [0, 0.05) is 28.9 Å². The number of carbonyl (C=O) groups is 1. The van der Waals surface area contributed by atoms with Crippen molar-refractivity contribution < 1.29 is 4.79 Å². The van der Waals surface area contributed by atoms with Gasteiger partial charge in [0.2, 0.25) is 5.91 Å². The molecule has 0 spiro atoms. The first-order valence-corrected chi connectivity index (χ1v) is 9.29. The number of anilines is 2. The van der Waals surface area contributed by atoms with Crippen LogP contribution in [0.2, 0.25) is 0 Å². The summed E-state index contributed by atoms with van der Waals surface area (Å²) in [5.74, 6) is 0.843. The summed E-state index contributed by atoms with van der Waals surface area (Å²) in [6.45, 7) is 4.56. The lowest BCUT2D eigenvalue weighted by Gasteiger charge is -2.32. The normalized spacial score (nSPS) is 15.3. The van der Waals surface area contributed by atoms with Crippen molar-refractivity contribution in [3.05, 3.63) is 58.6 Å². The highest BCUT2D eigenvalue weighted by molar-refractivity contribution is 9.10. The van der Waals surface area contributed by atoms with E-state index in [1.807, 2.05) is 36.4 Å². The molecule has 1 N–H and O–H groups in total.